The van der Waals surface area contributed by atoms with E-state index in [2.05, 4.69) is 25.4 Å². The number of rotatable bonds is 5. The first kappa shape index (κ1) is 21.3. The monoisotopic (exact) mass is 460 g/mol. The number of fused-ring (bicyclic) bond motifs is 2. The minimum Gasteiger partial charge on any atom is -0.505 e. The molecule has 0 amide bonds. The maximum absolute atomic E-state index is 14.1. The Kier molecular flexibility index (Phi) is 5.34. The fourth-order valence-electron chi connectivity index (χ4n) is 5.36. The van der Waals surface area contributed by atoms with Gasteiger partial charge in [-0.2, -0.15) is 5.10 Å². The molecular formula is C26H29FN6O. The van der Waals surface area contributed by atoms with E-state index in [1.807, 2.05) is 25.1 Å². The lowest BCUT2D eigenvalue weighted by molar-refractivity contribution is 0.281. The van der Waals surface area contributed by atoms with Crippen LogP contribution in [0.25, 0.3) is 33.5 Å². The van der Waals surface area contributed by atoms with Crippen molar-refractivity contribution in [2.75, 3.05) is 19.6 Å². The van der Waals surface area contributed by atoms with Crippen LogP contribution in [0.4, 0.5) is 4.39 Å². The van der Waals surface area contributed by atoms with Gasteiger partial charge in [0, 0.05) is 30.9 Å². The number of phenolic OH excluding ortho intramolecular Hbond substituents is 1. The normalized spacial score (nSPS) is 18.6. The quantitative estimate of drug-likeness (QED) is 0.359. The van der Waals surface area contributed by atoms with Gasteiger partial charge in [0.25, 0.3) is 0 Å². The summed E-state index contributed by atoms with van der Waals surface area (Å²) in [7, 11) is 0. The van der Waals surface area contributed by atoms with Crippen molar-refractivity contribution in [1.82, 2.24) is 30.4 Å². The van der Waals surface area contributed by atoms with Gasteiger partial charge in [0.05, 0.1) is 16.9 Å². The van der Waals surface area contributed by atoms with Crippen LogP contribution in [0, 0.1) is 5.82 Å². The average molecular weight is 461 g/mol. The molecule has 1 unspecified atom stereocenters. The zero-order chi connectivity index (χ0) is 23.2. The summed E-state index contributed by atoms with van der Waals surface area (Å²) in [6.07, 6.45) is 4.22. The van der Waals surface area contributed by atoms with Crippen molar-refractivity contribution in [2.24, 2.45) is 0 Å². The highest BCUT2D eigenvalue weighted by molar-refractivity contribution is 5.94. The van der Waals surface area contributed by atoms with Crippen molar-refractivity contribution >= 4 is 10.9 Å². The van der Waals surface area contributed by atoms with Crippen LogP contribution < -0.4 is 5.32 Å². The molecule has 8 heteroatoms. The Morgan fingerprint density at radius 2 is 2.03 bits per heavy atom. The minimum atomic E-state index is -0.615. The molecule has 2 aromatic carbocycles. The lowest BCUT2D eigenvalue weighted by atomic mass is 9.96. The number of phenols is 1. The van der Waals surface area contributed by atoms with E-state index in [1.165, 1.54) is 38.1 Å². The number of halogens is 1. The van der Waals surface area contributed by atoms with Gasteiger partial charge < -0.3 is 20.3 Å². The van der Waals surface area contributed by atoms with Crippen LogP contribution in [-0.4, -0.2) is 55.8 Å². The molecule has 1 atom stereocenters. The molecule has 1 fully saturated rings. The summed E-state index contributed by atoms with van der Waals surface area (Å²) in [5.41, 5.74) is 6.46. The Balaban J connectivity index is 1.29. The fraction of sp³-hybridized carbons (Fsp3) is 0.385. The van der Waals surface area contributed by atoms with Crippen molar-refractivity contribution < 1.29 is 9.50 Å². The summed E-state index contributed by atoms with van der Waals surface area (Å²) >= 11 is 0. The number of nitrogens with zero attached hydrogens (tertiary/aromatic N) is 3. The summed E-state index contributed by atoms with van der Waals surface area (Å²) in [6.45, 7) is 6.27. The highest BCUT2D eigenvalue weighted by atomic mass is 19.1. The van der Waals surface area contributed by atoms with Gasteiger partial charge in [-0.05, 0) is 73.3 Å². The van der Waals surface area contributed by atoms with Crippen LogP contribution in [0.1, 0.15) is 36.7 Å². The van der Waals surface area contributed by atoms with E-state index >= 15 is 0 Å². The van der Waals surface area contributed by atoms with Crippen LogP contribution in [0.5, 0.6) is 5.75 Å². The second kappa shape index (κ2) is 8.52. The molecule has 4 aromatic rings. The number of H-pyrrole nitrogens is 2. The summed E-state index contributed by atoms with van der Waals surface area (Å²) in [5, 5.41) is 22.1. The molecule has 2 aliphatic heterocycles. The summed E-state index contributed by atoms with van der Waals surface area (Å²) in [5.74, 6) is -0.155. The number of aromatic hydroxyl groups is 1. The second-order valence-electron chi connectivity index (χ2n) is 9.45. The van der Waals surface area contributed by atoms with E-state index in [9.17, 15) is 9.50 Å². The van der Waals surface area contributed by atoms with Crippen molar-refractivity contribution in [3.8, 4) is 28.4 Å². The van der Waals surface area contributed by atoms with Gasteiger partial charge in [-0.1, -0.05) is 13.0 Å². The number of aromatic nitrogens is 4. The van der Waals surface area contributed by atoms with Crippen molar-refractivity contribution in [3.05, 3.63) is 53.1 Å². The average Bonchev–Trinajstić information content (AvgIpc) is 3.59. The maximum atomic E-state index is 14.1. The second-order valence-corrected chi connectivity index (χ2v) is 9.45. The Bertz CT molecular complexity index is 1350. The Hall–Kier alpha value is -3.23. The predicted octanol–water partition coefficient (Wildman–Crippen LogP) is 4.14. The van der Waals surface area contributed by atoms with E-state index in [0.29, 0.717) is 12.5 Å². The van der Waals surface area contributed by atoms with Crippen LogP contribution in [0.15, 0.2) is 30.3 Å². The Morgan fingerprint density at radius 3 is 2.85 bits per heavy atom. The minimum absolute atomic E-state index is 0.315. The summed E-state index contributed by atoms with van der Waals surface area (Å²) in [6, 6.07) is 9.29. The summed E-state index contributed by atoms with van der Waals surface area (Å²) in [4.78, 5) is 10.9. The van der Waals surface area contributed by atoms with Gasteiger partial charge in [-0.25, -0.2) is 9.37 Å². The first-order chi connectivity index (χ1) is 16.6. The lowest BCUT2D eigenvalue weighted by Crippen LogP contribution is -2.43. The molecule has 2 aromatic heterocycles. The molecule has 0 radical (unpaired) electrons. The molecule has 0 spiro atoms. The third kappa shape index (κ3) is 3.76. The van der Waals surface area contributed by atoms with Crippen LogP contribution in [0.3, 0.4) is 0 Å². The molecule has 7 nitrogen and oxygen atoms in total. The van der Waals surface area contributed by atoms with E-state index in [1.54, 1.807) is 0 Å². The Labute approximate surface area is 197 Å². The van der Waals surface area contributed by atoms with Crippen LogP contribution in [-0.2, 0) is 19.4 Å². The number of likely N-dealkylation sites (tertiary alicyclic amines) is 1. The van der Waals surface area contributed by atoms with Crippen molar-refractivity contribution in [3.63, 3.8) is 0 Å². The molecule has 34 heavy (non-hydrogen) atoms. The van der Waals surface area contributed by atoms with E-state index in [4.69, 9.17) is 4.98 Å². The molecule has 6 rings (SSSR count). The van der Waals surface area contributed by atoms with Gasteiger partial charge in [-0.3, -0.25) is 5.10 Å². The number of aryl methyl sites for hydroxylation is 1. The third-order valence-electron chi connectivity index (χ3n) is 7.20. The number of nitrogens with one attached hydrogen (secondary N) is 3. The van der Waals surface area contributed by atoms with Crippen molar-refractivity contribution in [2.45, 2.75) is 45.2 Å². The third-order valence-corrected chi connectivity index (χ3v) is 7.20. The number of aromatic amines is 2. The molecule has 2 aliphatic rings. The maximum Gasteiger partial charge on any atom is 0.165 e. The van der Waals surface area contributed by atoms with Gasteiger partial charge >= 0.3 is 0 Å². The first-order valence-corrected chi connectivity index (χ1v) is 12.1. The predicted molar refractivity (Wildman–Crippen MR) is 130 cm³/mol. The first-order valence-electron chi connectivity index (χ1n) is 12.1. The number of hydrogen-bond acceptors (Lipinski definition) is 5. The molecule has 0 aliphatic carbocycles. The van der Waals surface area contributed by atoms with Crippen LogP contribution in [0.2, 0.25) is 0 Å². The highest BCUT2D eigenvalue weighted by Gasteiger charge is 2.26. The van der Waals surface area contributed by atoms with E-state index in [-0.39, 0.29) is 5.75 Å². The highest BCUT2D eigenvalue weighted by Crippen LogP contribution is 2.34. The molecule has 0 saturated carbocycles. The molecule has 4 N–H and O–H groups in total. The molecule has 1 saturated heterocycles. The van der Waals surface area contributed by atoms with Gasteiger partial charge in [0.15, 0.2) is 17.4 Å². The number of imidazole rings is 1. The number of hydrogen-bond donors (Lipinski definition) is 4. The zero-order valence-electron chi connectivity index (χ0n) is 19.3. The standard InChI is InChI=1S/C26H29FN6O/c1-2-15-10-24(34)20(27)12-19(15)16-5-6-18-21(9-16)31-32-25(18)26-29-22-11-17(28-13-23(22)30-26)14-33-7-3-4-8-33/h5-6,9-10,12,17,28,34H,2-4,7-8,11,13-14H2,1H3,(H,29,30)(H,31,32). The van der Waals surface area contributed by atoms with Gasteiger partial charge in [0.2, 0.25) is 0 Å². The molecule has 0 bridgehead atoms. The molecule has 176 valence electrons. The topological polar surface area (TPSA) is 92.9 Å². The zero-order valence-corrected chi connectivity index (χ0v) is 19.3. The van der Waals surface area contributed by atoms with Gasteiger partial charge in [-0.15, -0.1) is 0 Å². The van der Waals surface area contributed by atoms with E-state index < -0.39 is 5.82 Å². The van der Waals surface area contributed by atoms with E-state index in [0.717, 1.165) is 70.0 Å². The van der Waals surface area contributed by atoms with Gasteiger partial charge in [0.1, 0.15) is 5.69 Å². The van der Waals surface area contributed by atoms with Crippen molar-refractivity contribution in [1.29, 1.82) is 0 Å². The Morgan fingerprint density at radius 1 is 1.18 bits per heavy atom. The molecular weight excluding hydrogens is 431 g/mol. The summed E-state index contributed by atoms with van der Waals surface area (Å²) < 4.78 is 14.1. The fourth-order valence-corrected chi connectivity index (χ4v) is 5.36. The molecule has 4 heterocycles. The van der Waals surface area contributed by atoms with Crippen LogP contribution >= 0.6 is 0 Å². The smallest absolute Gasteiger partial charge is 0.165 e. The lowest BCUT2D eigenvalue weighted by Gasteiger charge is -2.27. The number of benzene rings is 2. The SMILES string of the molecule is CCc1cc(O)c(F)cc1-c1ccc2c(-c3nc4c([nH]3)CNC(CN3CCCC3)C4)n[nH]c2c1. The largest absolute Gasteiger partial charge is 0.505 e.